The number of likely N-dealkylation sites (tertiary alicyclic amines) is 1. The molecule has 2 saturated heterocycles. The van der Waals surface area contributed by atoms with Crippen molar-refractivity contribution in [2.75, 3.05) is 37.6 Å². The minimum atomic E-state index is -0.408. The van der Waals surface area contributed by atoms with Crippen LogP contribution in [0.25, 0.3) is 0 Å². The van der Waals surface area contributed by atoms with E-state index in [0.717, 1.165) is 37.5 Å². The Balaban J connectivity index is 1.61. The third-order valence-corrected chi connectivity index (χ3v) is 4.77. The van der Waals surface area contributed by atoms with E-state index in [4.69, 9.17) is 5.26 Å². The predicted molar refractivity (Wildman–Crippen MR) is 81.7 cm³/mol. The van der Waals surface area contributed by atoms with Crippen LogP contribution in [0.2, 0.25) is 0 Å². The molecular weight excluding hydrogens is 265 g/mol. The van der Waals surface area contributed by atoms with Crippen LogP contribution in [-0.4, -0.2) is 37.6 Å². The van der Waals surface area contributed by atoms with Crippen LogP contribution in [0.1, 0.15) is 31.2 Å². The quantitative estimate of drug-likeness (QED) is 0.856. The molecule has 3 nitrogen and oxygen atoms in total. The van der Waals surface area contributed by atoms with Crippen LogP contribution < -0.4 is 4.90 Å². The fraction of sp³-hybridized carbons (Fsp3) is 0.588. The zero-order valence-electron chi connectivity index (χ0n) is 12.4. The summed E-state index contributed by atoms with van der Waals surface area (Å²) < 4.78 is 13.7. The molecule has 0 saturated carbocycles. The first-order valence-electron chi connectivity index (χ1n) is 7.94. The number of rotatable bonds is 3. The molecule has 112 valence electrons. The summed E-state index contributed by atoms with van der Waals surface area (Å²) in [7, 11) is 0. The van der Waals surface area contributed by atoms with Crippen molar-refractivity contribution in [1.29, 1.82) is 5.26 Å². The van der Waals surface area contributed by atoms with E-state index in [9.17, 15) is 4.39 Å². The molecule has 0 spiro atoms. The van der Waals surface area contributed by atoms with Gasteiger partial charge in [-0.3, -0.25) is 0 Å². The SMILES string of the molecule is N#Cc1c(F)cccc1N1CCC(CN2CCCC2)CC1. The average molecular weight is 287 g/mol. The second-order valence-corrected chi connectivity index (χ2v) is 6.18. The van der Waals surface area contributed by atoms with Crippen molar-refractivity contribution in [2.45, 2.75) is 25.7 Å². The van der Waals surface area contributed by atoms with E-state index >= 15 is 0 Å². The minimum Gasteiger partial charge on any atom is -0.370 e. The van der Waals surface area contributed by atoms with Gasteiger partial charge in [0, 0.05) is 19.6 Å². The van der Waals surface area contributed by atoms with E-state index in [1.165, 1.54) is 38.5 Å². The van der Waals surface area contributed by atoms with E-state index in [1.807, 2.05) is 12.1 Å². The zero-order valence-corrected chi connectivity index (χ0v) is 12.4. The summed E-state index contributed by atoms with van der Waals surface area (Å²) in [5.74, 6) is 0.340. The third-order valence-electron chi connectivity index (χ3n) is 4.77. The number of hydrogen-bond donors (Lipinski definition) is 0. The van der Waals surface area contributed by atoms with Gasteiger partial charge in [-0.25, -0.2) is 4.39 Å². The van der Waals surface area contributed by atoms with Gasteiger partial charge in [-0.15, -0.1) is 0 Å². The highest BCUT2D eigenvalue weighted by molar-refractivity contribution is 5.60. The lowest BCUT2D eigenvalue weighted by Gasteiger charge is -2.35. The molecule has 4 heteroatoms. The Hall–Kier alpha value is -1.60. The lowest BCUT2D eigenvalue weighted by atomic mass is 9.95. The molecule has 0 atom stereocenters. The molecule has 1 aromatic rings. The molecular formula is C17H22FN3. The molecule has 3 rings (SSSR count). The van der Waals surface area contributed by atoms with Gasteiger partial charge in [0.25, 0.3) is 0 Å². The topological polar surface area (TPSA) is 30.3 Å². The van der Waals surface area contributed by atoms with Crippen LogP contribution in [0, 0.1) is 23.1 Å². The maximum absolute atomic E-state index is 13.7. The van der Waals surface area contributed by atoms with Gasteiger partial charge in [0.1, 0.15) is 17.4 Å². The van der Waals surface area contributed by atoms with Gasteiger partial charge >= 0.3 is 0 Å². The van der Waals surface area contributed by atoms with Gasteiger partial charge < -0.3 is 9.80 Å². The number of halogens is 1. The summed E-state index contributed by atoms with van der Waals surface area (Å²) in [6.45, 7) is 5.57. The molecule has 0 bridgehead atoms. The molecule has 0 aliphatic carbocycles. The number of hydrogen-bond acceptors (Lipinski definition) is 3. The summed E-state index contributed by atoms with van der Waals surface area (Å²) >= 11 is 0. The second kappa shape index (κ2) is 6.44. The maximum atomic E-state index is 13.7. The molecule has 2 heterocycles. The van der Waals surface area contributed by atoms with Crippen LogP contribution in [0.5, 0.6) is 0 Å². The Morgan fingerprint density at radius 2 is 1.86 bits per heavy atom. The molecule has 2 aliphatic rings. The Labute approximate surface area is 126 Å². The van der Waals surface area contributed by atoms with Crippen molar-refractivity contribution in [2.24, 2.45) is 5.92 Å². The number of nitriles is 1. The van der Waals surface area contributed by atoms with Crippen LogP contribution >= 0.6 is 0 Å². The number of piperidine rings is 1. The summed E-state index contributed by atoms with van der Waals surface area (Å²) in [6.07, 6.45) is 4.96. The van der Waals surface area contributed by atoms with Crippen molar-refractivity contribution in [3.8, 4) is 6.07 Å². The number of benzene rings is 1. The van der Waals surface area contributed by atoms with Crippen LogP contribution in [0.4, 0.5) is 10.1 Å². The molecule has 0 amide bonds. The van der Waals surface area contributed by atoms with Gasteiger partial charge in [-0.1, -0.05) is 6.07 Å². The smallest absolute Gasteiger partial charge is 0.143 e. The summed E-state index contributed by atoms with van der Waals surface area (Å²) in [6, 6.07) is 6.93. The highest BCUT2D eigenvalue weighted by atomic mass is 19.1. The molecule has 2 fully saturated rings. The highest BCUT2D eigenvalue weighted by Crippen LogP contribution is 2.28. The first-order valence-corrected chi connectivity index (χ1v) is 7.94. The van der Waals surface area contributed by atoms with Crippen molar-refractivity contribution in [3.05, 3.63) is 29.6 Å². The van der Waals surface area contributed by atoms with Crippen molar-refractivity contribution < 1.29 is 4.39 Å². The fourth-order valence-corrected chi connectivity index (χ4v) is 3.57. The monoisotopic (exact) mass is 287 g/mol. The van der Waals surface area contributed by atoms with Crippen molar-refractivity contribution in [3.63, 3.8) is 0 Å². The van der Waals surface area contributed by atoms with E-state index in [1.54, 1.807) is 6.07 Å². The van der Waals surface area contributed by atoms with E-state index in [2.05, 4.69) is 9.80 Å². The Bertz CT molecular complexity index is 523. The normalized spacial score (nSPS) is 20.7. The lowest BCUT2D eigenvalue weighted by Crippen LogP contribution is -2.38. The van der Waals surface area contributed by atoms with Gasteiger partial charge in [0.15, 0.2) is 0 Å². The molecule has 0 unspecified atom stereocenters. The zero-order chi connectivity index (χ0) is 14.7. The third kappa shape index (κ3) is 3.19. The number of anilines is 1. The van der Waals surface area contributed by atoms with E-state index in [0.29, 0.717) is 0 Å². The Morgan fingerprint density at radius 1 is 1.14 bits per heavy atom. The van der Waals surface area contributed by atoms with Gasteiger partial charge in [-0.2, -0.15) is 5.26 Å². The first-order chi connectivity index (χ1) is 10.3. The van der Waals surface area contributed by atoms with Crippen molar-refractivity contribution >= 4 is 5.69 Å². The largest absolute Gasteiger partial charge is 0.370 e. The summed E-state index contributed by atoms with van der Waals surface area (Å²) in [5.41, 5.74) is 0.951. The van der Waals surface area contributed by atoms with E-state index in [-0.39, 0.29) is 5.56 Å². The highest BCUT2D eigenvalue weighted by Gasteiger charge is 2.24. The molecule has 1 aromatic carbocycles. The fourth-order valence-electron chi connectivity index (χ4n) is 3.57. The minimum absolute atomic E-state index is 0.190. The molecule has 0 aromatic heterocycles. The summed E-state index contributed by atoms with van der Waals surface area (Å²) in [5, 5.41) is 9.15. The average Bonchev–Trinajstić information content (AvgIpc) is 3.01. The Kier molecular flexibility index (Phi) is 4.40. The molecule has 0 N–H and O–H groups in total. The second-order valence-electron chi connectivity index (χ2n) is 6.18. The predicted octanol–water partition coefficient (Wildman–Crippen LogP) is 3.01. The lowest BCUT2D eigenvalue weighted by molar-refractivity contribution is 0.249. The standard InChI is InChI=1S/C17H22FN3/c18-16-4-3-5-17(15(16)12-19)21-10-6-14(7-11-21)13-20-8-1-2-9-20/h3-5,14H,1-2,6-11,13H2. The van der Waals surface area contributed by atoms with Gasteiger partial charge in [0.05, 0.1) is 5.69 Å². The molecule has 0 radical (unpaired) electrons. The maximum Gasteiger partial charge on any atom is 0.143 e. The van der Waals surface area contributed by atoms with E-state index < -0.39 is 5.82 Å². The van der Waals surface area contributed by atoms with Gasteiger partial charge in [-0.05, 0) is 56.8 Å². The van der Waals surface area contributed by atoms with Crippen LogP contribution in [0.3, 0.4) is 0 Å². The number of nitrogens with zero attached hydrogens (tertiary/aromatic N) is 3. The Morgan fingerprint density at radius 3 is 2.52 bits per heavy atom. The molecule has 2 aliphatic heterocycles. The van der Waals surface area contributed by atoms with Crippen LogP contribution in [0.15, 0.2) is 18.2 Å². The first kappa shape index (κ1) is 14.3. The molecule has 21 heavy (non-hydrogen) atoms. The van der Waals surface area contributed by atoms with Crippen molar-refractivity contribution in [1.82, 2.24) is 4.90 Å². The van der Waals surface area contributed by atoms with Crippen LogP contribution in [-0.2, 0) is 0 Å². The van der Waals surface area contributed by atoms with Gasteiger partial charge in [0.2, 0.25) is 0 Å². The summed E-state index contributed by atoms with van der Waals surface area (Å²) in [4.78, 5) is 4.74.